The van der Waals surface area contributed by atoms with Crippen LogP contribution in [0.15, 0.2) is 47.0 Å². The van der Waals surface area contributed by atoms with Crippen molar-refractivity contribution in [3.05, 3.63) is 41.9 Å². The first-order chi connectivity index (χ1) is 11.1. The molecule has 0 radical (unpaired) electrons. The lowest BCUT2D eigenvalue weighted by atomic mass is 10.3. The highest BCUT2D eigenvalue weighted by Crippen LogP contribution is 2.73. The zero-order valence-corrected chi connectivity index (χ0v) is 19.7. The Kier molecular flexibility index (Phi) is 7.66. The van der Waals surface area contributed by atoms with E-state index in [1.807, 2.05) is 54.9 Å². The number of hydrogen-bond donors (Lipinski definition) is 0. The topological polar surface area (TPSA) is 33.8 Å². The zero-order chi connectivity index (χ0) is 18.0. The van der Waals surface area contributed by atoms with Gasteiger partial charge in [-0.2, -0.15) is 0 Å². The van der Waals surface area contributed by atoms with Crippen molar-refractivity contribution in [1.82, 2.24) is 0 Å². The van der Waals surface area contributed by atoms with Crippen LogP contribution in [0.1, 0.15) is 13.8 Å². The van der Waals surface area contributed by atoms with Crippen LogP contribution in [0.3, 0.4) is 0 Å². The normalized spacial score (nSPS) is 18.8. The number of halogens is 4. The van der Waals surface area contributed by atoms with Crippen molar-refractivity contribution >= 4 is 89.5 Å². The van der Waals surface area contributed by atoms with Gasteiger partial charge in [-0.3, -0.25) is 0 Å². The second-order valence-electron chi connectivity index (χ2n) is 4.54. The van der Waals surface area contributed by atoms with Crippen molar-refractivity contribution in [3.8, 4) is 0 Å². The molecule has 2 aliphatic heterocycles. The summed E-state index contributed by atoms with van der Waals surface area (Å²) in [6.07, 6.45) is 2.01. The van der Waals surface area contributed by atoms with E-state index in [1.165, 1.54) is 0 Å². The number of thioether (sulfide) groups is 1. The van der Waals surface area contributed by atoms with E-state index in [-0.39, 0.29) is 0 Å². The third kappa shape index (κ3) is 5.67. The van der Waals surface area contributed by atoms with Crippen LogP contribution in [0.2, 0.25) is 0 Å². The second kappa shape index (κ2) is 8.69. The highest BCUT2D eigenvalue weighted by molar-refractivity contribution is 8.69. The SMILES string of the molecule is CSC1=N[N+](c2ccccc2)=P2(OC(C)=C(C)O2)S1.[Cl][Al-]([Cl])([Cl])[Cl]. The number of benzene rings is 1. The molecule has 0 aliphatic carbocycles. The van der Waals surface area contributed by atoms with Crippen LogP contribution in [0.4, 0.5) is 5.69 Å². The molecule has 24 heavy (non-hydrogen) atoms. The van der Waals surface area contributed by atoms with Gasteiger partial charge in [-0.15, -0.1) is 0 Å². The van der Waals surface area contributed by atoms with Crippen LogP contribution in [0, 0.1) is 0 Å². The molecule has 4 nitrogen and oxygen atoms in total. The van der Waals surface area contributed by atoms with Crippen LogP contribution in [0.25, 0.3) is 0 Å². The first kappa shape index (κ1) is 21.2. The summed E-state index contributed by atoms with van der Waals surface area (Å²) < 4.78 is 15.0. The molecule has 0 saturated heterocycles. The van der Waals surface area contributed by atoms with Crippen LogP contribution < -0.4 is 0 Å². The molecule has 0 atom stereocenters. The first-order valence-electron chi connectivity index (χ1n) is 6.65. The fraction of sp³-hybridized carbons (Fsp3) is 0.250. The lowest BCUT2D eigenvalue weighted by molar-refractivity contribution is -0.430. The van der Waals surface area contributed by atoms with E-state index in [9.17, 15) is 0 Å². The molecule has 12 heteroatoms. The maximum atomic E-state index is 6.05. The van der Waals surface area contributed by atoms with Gasteiger partial charge in [0, 0.05) is 21.7 Å². The zero-order valence-electron chi connectivity index (χ0n) is 13.0. The summed E-state index contributed by atoms with van der Waals surface area (Å²) in [5, 5.41) is 4.63. The van der Waals surface area contributed by atoms with E-state index >= 15 is 0 Å². The van der Waals surface area contributed by atoms with Crippen molar-refractivity contribution in [1.29, 1.82) is 0 Å². The van der Waals surface area contributed by atoms with E-state index in [2.05, 4.69) is 5.10 Å². The lowest BCUT2D eigenvalue weighted by Crippen LogP contribution is -1.94. The van der Waals surface area contributed by atoms with Gasteiger partial charge < -0.3 is 49.2 Å². The Labute approximate surface area is 168 Å². The van der Waals surface area contributed by atoms with E-state index in [0.717, 1.165) is 21.6 Å². The summed E-state index contributed by atoms with van der Waals surface area (Å²) >= 11 is 3.21. The molecule has 0 bridgehead atoms. The van der Waals surface area contributed by atoms with Crippen LogP contribution >= 0.6 is 70.1 Å². The van der Waals surface area contributed by atoms with Gasteiger partial charge in [-0.05, 0) is 20.1 Å². The molecule has 0 N–H and O–H groups in total. The minimum atomic E-state index is -2.94. The molecule has 3 rings (SSSR count). The fourth-order valence-corrected chi connectivity index (χ4v) is 8.28. The van der Waals surface area contributed by atoms with Gasteiger partial charge in [0.25, 0.3) is 0 Å². The smallest absolute Gasteiger partial charge is 0.391 e. The molecular formula is C12H14AlCl4N2O2PS2. The van der Waals surface area contributed by atoms with Gasteiger partial charge in [0.2, 0.25) is 10.1 Å². The van der Waals surface area contributed by atoms with Gasteiger partial charge in [0.1, 0.15) is 11.5 Å². The Balaban J connectivity index is 0.000000368. The number of rotatable bonds is 1. The Bertz CT molecular complexity index is 716. The first-order valence-corrected chi connectivity index (χ1v) is 17.9. The average molecular weight is 482 g/mol. The molecular weight excluding hydrogens is 468 g/mol. The maximum absolute atomic E-state index is 6.05. The molecule has 0 unspecified atom stereocenters. The predicted octanol–water partition coefficient (Wildman–Crippen LogP) is 7.33. The standard InChI is InChI=1S/C12H14N2O2PS2.Al.4ClH/c1-9-10(2)16-17(15-9)14(13-12(18-3)19-17)11-7-5-4-6-8-11;;;;;/h4-8H,1-3H3;;4*1H/q+1;+3;;;;/p-4. The number of allylic oxidation sites excluding steroid dienone is 2. The predicted molar refractivity (Wildman–Crippen MR) is 112 cm³/mol. The molecule has 1 aromatic rings. The summed E-state index contributed by atoms with van der Waals surface area (Å²) in [6.45, 7) is 1.61. The maximum Gasteiger partial charge on any atom is 0.568 e. The van der Waals surface area contributed by atoms with Crippen LogP contribution in [0.5, 0.6) is 0 Å². The summed E-state index contributed by atoms with van der Waals surface area (Å²) in [7, 11) is 17.0. The minimum Gasteiger partial charge on any atom is -0.391 e. The molecule has 2 heterocycles. The molecule has 0 aromatic heterocycles. The number of hydrazone groups is 1. The van der Waals surface area contributed by atoms with Gasteiger partial charge in [-0.25, -0.2) is 0 Å². The molecule has 2 aliphatic rings. The molecule has 1 aromatic carbocycles. The Hall–Kier alpha value is 0.852. The van der Waals surface area contributed by atoms with Crippen molar-refractivity contribution in [2.24, 2.45) is 5.10 Å². The Morgan fingerprint density at radius 2 is 1.58 bits per heavy atom. The lowest BCUT2D eigenvalue weighted by Gasteiger charge is -2.07. The van der Waals surface area contributed by atoms with E-state index < -0.39 is 16.1 Å². The fourth-order valence-electron chi connectivity index (χ4n) is 1.73. The minimum absolute atomic E-state index is 0.847. The summed E-state index contributed by atoms with van der Waals surface area (Å²) in [4.78, 5) is 0. The van der Waals surface area contributed by atoms with E-state index in [1.54, 1.807) is 23.1 Å². The Morgan fingerprint density at radius 1 is 1.08 bits per heavy atom. The summed E-state index contributed by atoms with van der Waals surface area (Å²) in [5.74, 6) is 1.69. The van der Waals surface area contributed by atoms with Gasteiger partial charge in [0.05, 0.1) is 11.4 Å². The van der Waals surface area contributed by atoms with Crippen LogP contribution in [-0.2, 0) is 9.05 Å². The quantitative estimate of drug-likeness (QED) is 0.310. The highest BCUT2D eigenvalue weighted by atomic mass is 35.9. The van der Waals surface area contributed by atoms with Crippen molar-refractivity contribution < 1.29 is 13.5 Å². The molecule has 0 fully saturated rings. The van der Waals surface area contributed by atoms with Crippen molar-refractivity contribution in [3.63, 3.8) is 0 Å². The Morgan fingerprint density at radius 3 is 2.04 bits per heavy atom. The number of para-hydroxylation sites is 1. The molecule has 0 saturated carbocycles. The van der Waals surface area contributed by atoms with Gasteiger partial charge in [0.15, 0.2) is 0 Å². The van der Waals surface area contributed by atoms with Crippen molar-refractivity contribution in [2.45, 2.75) is 13.8 Å². The van der Waals surface area contributed by atoms with Gasteiger partial charge in [-0.1, -0.05) is 30.0 Å². The largest absolute Gasteiger partial charge is 0.568 e. The number of hydrogen-bond acceptors (Lipinski definition) is 5. The van der Waals surface area contributed by atoms with E-state index in [4.69, 9.17) is 49.2 Å². The highest BCUT2D eigenvalue weighted by Gasteiger charge is 2.52. The molecule has 132 valence electrons. The monoisotopic (exact) mass is 480 g/mol. The second-order valence-corrected chi connectivity index (χ2v) is 22.6. The average Bonchev–Trinajstić information content (AvgIpc) is 2.98. The van der Waals surface area contributed by atoms with E-state index in [0.29, 0.717) is 0 Å². The van der Waals surface area contributed by atoms with Gasteiger partial charge >= 0.3 is 16.1 Å². The van der Waals surface area contributed by atoms with Crippen LogP contribution in [-0.4, -0.2) is 24.5 Å². The molecule has 0 amide bonds. The summed E-state index contributed by atoms with van der Waals surface area (Å²) in [5.41, 5.74) is 0.995. The molecule has 1 spiro atoms. The third-order valence-electron chi connectivity index (χ3n) is 2.76. The summed E-state index contributed by atoms with van der Waals surface area (Å²) in [6, 6.07) is 10.0. The number of nitrogens with zero attached hydrogens (tertiary/aromatic N) is 2. The third-order valence-corrected chi connectivity index (χ3v) is 8.70. The van der Waals surface area contributed by atoms with Crippen molar-refractivity contribution in [2.75, 3.05) is 6.26 Å².